The standard InChI is InChI=1S/C23H29F2N9O2/c1-32(2)7-3-6-28-22(35)14-4-8-33(9-5-14)19-16(25)11-27-12-17(19)30-23(36)18-20(26)31-34-13-15(24)10-29-21(18)34/h10-14H,3-9H2,1-2H3,(H2,26,31)(H,28,35)(H,30,36). The first kappa shape index (κ1) is 25.2. The van der Waals surface area contributed by atoms with E-state index in [2.05, 4.69) is 30.6 Å². The van der Waals surface area contributed by atoms with E-state index in [4.69, 9.17) is 5.73 Å². The zero-order valence-electron chi connectivity index (χ0n) is 20.2. The topological polar surface area (TPSA) is 134 Å². The summed E-state index contributed by atoms with van der Waals surface area (Å²) in [6.07, 6.45) is 6.37. The summed E-state index contributed by atoms with van der Waals surface area (Å²) >= 11 is 0. The summed E-state index contributed by atoms with van der Waals surface area (Å²) in [5.41, 5.74) is 6.20. The number of aromatic nitrogens is 4. The molecule has 0 saturated carbocycles. The van der Waals surface area contributed by atoms with Crippen LogP contribution in [0.15, 0.2) is 24.8 Å². The molecule has 192 valence electrons. The van der Waals surface area contributed by atoms with Crippen LogP contribution in [-0.4, -0.2) is 76.6 Å². The zero-order chi connectivity index (χ0) is 25.8. The molecule has 1 aliphatic rings. The number of halogens is 2. The Morgan fingerprint density at radius 1 is 1.19 bits per heavy atom. The molecule has 0 radical (unpaired) electrons. The van der Waals surface area contributed by atoms with E-state index in [0.29, 0.717) is 32.5 Å². The molecular formula is C23H29F2N9O2. The van der Waals surface area contributed by atoms with Crippen molar-refractivity contribution in [3.63, 3.8) is 0 Å². The molecule has 4 heterocycles. The quantitative estimate of drug-likeness (QED) is 0.396. The molecule has 0 aromatic carbocycles. The van der Waals surface area contributed by atoms with E-state index < -0.39 is 17.5 Å². The van der Waals surface area contributed by atoms with Gasteiger partial charge in [0, 0.05) is 25.6 Å². The normalized spacial score (nSPS) is 14.4. The van der Waals surface area contributed by atoms with Crippen molar-refractivity contribution in [2.75, 3.05) is 56.2 Å². The van der Waals surface area contributed by atoms with Gasteiger partial charge in [0.1, 0.15) is 11.3 Å². The van der Waals surface area contributed by atoms with Crippen molar-refractivity contribution < 1.29 is 18.4 Å². The van der Waals surface area contributed by atoms with Crippen molar-refractivity contribution in [2.24, 2.45) is 5.92 Å². The fourth-order valence-corrected chi connectivity index (χ4v) is 4.29. The largest absolute Gasteiger partial charge is 0.381 e. The number of fused-ring (bicyclic) bond motifs is 1. The van der Waals surface area contributed by atoms with Crippen LogP contribution in [0.4, 0.5) is 26.0 Å². The van der Waals surface area contributed by atoms with Gasteiger partial charge in [0.25, 0.3) is 5.91 Å². The predicted octanol–water partition coefficient (Wildman–Crippen LogP) is 1.52. The van der Waals surface area contributed by atoms with E-state index in [9.17, 15) is 18.4 Å². The first-order valence-corrected chi connectivity index (χ1v) is 11.7. The highest BCUT2D eigenvalue weighted by atomic mass is 19.1. The number of amides is 2. The van der Waals surface area contributed by atoms with Gasteiger partial charge in [-0.1, -0.05) is 0 Å². The molecule has 36 heavy (non-hydrogen) atoms. The number of piperidine rings is 1. The minimum Gasteiger partial charge on any atom is -0.381 e. The van der Waals surface area contributed by atoms with Gasteiger partial charge in [0.15, 0.2) is 23.1 Å². The molecule has 13 heteroatoms. The van der Waals surface area contributed by atoms with E-state index in [1.165, 1.54) is 6.20 Å². The molecule has 0 bridgehead atoms. The monoisotopic (exact) mass is 501 g/mol. The minimum absolute atomic E-state index is 0.00429. The highest BCUT2D eigenvalue weighted by Gasteiger charge is 2.29. The number of anilines is 3. The molecule has 1 aliphatic heterocycles. The Hall–Kier alpha value is -3.87. The van der Waals surface area contributed by atoms with E-state index >= 15 is 0 Å². The van der Waals surface area contributed by atoms with Crippen LogP contribution in [0.1, 0.15) is 29.6 Å². The summed E-state index contributed by atoms with van der Waals surface area (Å²) in [6.45, 7) is 2.36. The molecule has 3 aromatic heterocycles. The number of hydrogen-bond donors (Lipinski definition) is 3. The number of carbonyl (C=O) groups excluding carboxylic acids is 2. The Labute approximate surface area is 206 Å². The lowest BCUT2D eigenvalue weighted by atomic mass is 9.95. The van der Waals surface area contributed by atoms with Crippen LogP contribution in [0.2, 0.25) is 0 Å². The van der Waals surface area contributed by atoms with Crippen LogP contribution in [-0.2, 0) is 4.79 Å². The second kappa shape index (κ2) is 10.8. The second-order valence-electron chi connectivity index (χ2n) is 8.98. The summed E-state index contributed by atoms with van der Waals surface area (Å²) in [5, 5.41) is 9.54. The molecule has 0 atom stereocenters. The Morgan fingerprint density at radius 3 is 2.67 bits per heavy atom. The fraction of sp³-hybridized carbons (Fsp3) is 0.435. The molecular weight excluding hydrogens is 472 g/mol. The van der Waals surface area contributed by atoms with Crippen molar-refractivity contribution in [2.45, 2.75) is 19.3 Å². The number of nitrogens with one attached hydrogen (secondary N) is 2. The third-order valence-corrected chi connectivity index (χ3v) is 6.08. The number of nitrogens with zero attached hydrogens (tertiary/aromatic N) is 6. The average Bonchev–Trinajstić information content (AvgIpc) is 3.16. The first-order valence-electron chi connectivity index (χ1n) is 11.7. The second-order valence-corrected chi connectivity index (χ2v) is 8.98. The molecule has 0 spiro atoms. The number of rotatable bonds is 8. The van der Waals surface area contributed by atoms with Crippen LogP contribution in [0.3, 0.4) is 0 Å². The maximum atomic E-state index is 14.9. The number of hydrogen-bond acceptors (Lipinski definition) is 8. The van der Waals surface area contributed by atoms with Gasteiger partial charge in [-0.3, -0.25) is 14.6 Å². The van der Waals surface area contributed by atoms with Gasteiger partial charge in [-0.2, -0.15) is 0 Å². The molecule has 3 aromatic rings. The molecule has 4 rings (SSSR count). The summed E-state index contributed by atoms with van der Waals surface area (Å²) in [5.74, 6) is -2.22. The molecule has 4 N–H and O–H groups in total. The molecule has 2 amide bonds. The van der Waals surface area contributed by atoms with Gasteiger partial charge in [-0.05, 0) is 39.9 Å². The lowest BCUT2D eigenvalue weighted by Gasteiger charge is -2.34. The average molecular weight is 502 g/mol. The molecule has 1 saturated heterocycles. The van der Waals surface area contributed by atoms with Crippen LogP contribution < -0.4 is 21.3 Å². The fourth-order valence-electron chi connectivity index (χ4n) is 4.29. The maximum Gasteiger partial charge on any atom is 0.263 e. The van der Waals surface area contributed by atoms with Gasteiger partial charge in [-0.25, -0.2) is 18.3 Å². The number of carbonyl (C=O) groups is 2. The van der Waals surface area contributed by atoms with E-state index in [0.717, 1.165) is 36.1 Å². The first-order chi connectivity index (χ1) is 17.2. The summed E-state index contributed by atoms with van der Waals surface area (Å²) < 4.78 is 29.4. The lowest BCUT2D eigenvalue weighted by molar-refractivity contribution is -0.125. The molecule has 1 fully saturated rings. The predicted molar refractivity (Wildman–Crippen MR) is 131 cm³/mol. The maximum absolute atomic E-state index is 14.9. The third kappa shape index (κ3) is 5.51. The van der Waals surface area contributed by atoms with Crippen LogP contribution >= 0.6 is 0 Å². The number of pyridine rings is 1. The molecule has 0 aliphatic carbocycles. The van der Waals surface area contributed by atoms with Gasteiger partial charge < -0.3 is 26.2 Å². The van der Waals surface area contributed by atoms with Crippen molar-refractivity contribution in [1.82, 2.24) is 29.8 Å². The number of nitrogens with two attached hydrogens (primary N) is 1. The van der Waals surface area contributed by atoms with Crippen molar-refractivity contribution >= 4 is 34.7 Å². The number of nitrogen functional groups attached to an aromatic ring is 1. The van der Waals surface area contributed by atoms with Gasteiger partial charge in [-0.15, -0.1) is 5.10 Å². The Balaban J connectivity index is 1.44. The van der Waals surface area contributed by atoms with Gasteiger partial charge in [0.05, 0.1) is 30.5 Å². The lowest BCUT2D eigenvalue weighted by Crippen LogP contribution is -2.41. The summed E-state index contributed by atoms with van der Waals surface area (Å²) in [4.78, 5) is 37.2. The van der Waals surface area contributed by atoms with Crippen LogP contribution in [0, 0.1) is 17.6 Å². The smallest absolute Gasteiger partial charge is 0.263 e. The van der Waals surface area contributed by atoms with E-state index in [-0.39, 0.29) is 40.2 Å². The SMILES string of the molecule is CN(C)CCCNC(=O)C1CCN(c2c(F)cncc2NC(=O)c2c(N)nn3cc(F)cnc23)CC1. The van der Waals surface area contributed by atoms with Crippen LogP contribution in [0.5, 0.6) is 0 Å². The summed E-state index contributed by atoms with van der Waals surface area (Å²) in [7, 11) is 3.97. The highest BCUT2D eigenvalue weighted by Crippen LogP contribution is 2.32. The Morgan fingerprint density at radius 2 is 1.94 bits per heavy atom. The molecule has 0 unspecified atom stereocenters. The Bertz CT molecular complexity index is 1260. The Kier molecular flexibility index (Phi) is 7.58. The van der Waals surface area contributed by atoms with Crippen LogP contribution in [0.25, 0.3) is 5.65 Å². The van der Waals surface area contributed by atoms with E-state index in [1.807, 2.05) is 14.1 Å². The minimum atomic E-state index is -0.678. The van der Waals surface area contributed by atoms with Gasteiger partial charge in [0.2, 0.25) is 5.91 Å². The third-order valence-electron chi connectivity index (χ3n) is 6.08. The molecule has 11 nitrogen and oxygen atoms in total. The summed E-state index contributed by atoms with van der Waals surface area (Å²) in [6, 6.07) is 0. The van der Waals surface area contributed by atoms with Gasteiger partial charge >= 0.3 is 0 Å². The van der Waals surface area contributed by atoms with Crippen molar-refractivity contribution in [3.8, 4) is 0 Å². The van der Waals surface area contributed by atoms with Crippen molar-refractivity contribution in [3.05, 3.63) is 42.0 Å². The zero-order valence-corrected chi connectivity index (χ0v) is 20.2. The van der Waals surface area contributed by atoms with Crippen molar-refractivity contribution in [1.29, 1.82) is 0 Å². The van der Waals surface area contributed by atoms with E-state index in [1.54, 1.807) is 4.90 Å². The highest BCUT2D eigenvalue weighted by molar-refractivity contribution is 6.12.